The van der Waals surface area contributed by atoms with Crippen LogP contribution in [0.4, 0.5) is 4.79 Å². The Balaban J connectivity index is 1.77. The lowest BCUT2D eigenvalue weighted by Gasteiger charge is -2.09. The van der Waals surface area contributed by atoms with E-state index in [1.165, 1.54) is 6.21 Å². The van der Waals surface area contributed by atoms with Gasteiger partial charge in [-0.1, -0.05) is 6.07 Å². The molecule has 5 nitrogen and oxygen atoms in total. The van der Waals surface area contributed by atoms with Gasteiger partial charge in [0, 0.05) is 29.9 Å². The fraction of sp³-hybridized carbons (Fsp3) is 0.333. The lowest BCUT2D eigenvalue weighted by atomic mass is 10.3. The van der Waals surface area contributed by atoms with E-state index in [0.717, 1.165) is 24.4 Å². The first-order valence-corrected chi connectivity index (χ1v) is 7.62. The van der Waals surface area contributed by atoms with Crippen LogP contribution in [0.3, 0.4) is 0 Å². The fourth-order valence-electron chi connectivity index (χ4n) is 1.97. The number of nitrogens with two attached hydrogens (primary N) is 1. The third-order valence-corrected chi connectivity index (χ3v) is 3.88. The van der Waals surface area contributed by atoms with Crippen molar-refractivity contribution in [3.8, 4) is 0 Å². The Bertz CT molecular complexity index is 549. The second kappa shape index (κ2) is 7.75. The van der Waals surface area contributed by atoms with Crippen molar-refractivity contribution in [3.63, 3.8) is 0 Å². The van der Waals surface area contributed by atoms with Crippen molar-refractivity contribution in [1.29, 1.82) is 0 Å². The normalized spacial score (nSPS) is 20.6. The highest BCUT2D eigenvalue weighted by Crippen LogP contribution is 2.11. The van der Waals surface area contributed by atoms with Crippen molar-refractivity contribution in [3.05, 3.63) is 40.2 Å². The summed E-state index contributed by atoms with van der Waals surface area (Å²) in [6, 6.07) is 3.97. The maximum absolute atomic E-state index is 11.5. The van der Waals surface area contributed by atoms with Crippen LogP contribution < -0.4 is 5.73 Å². The Morgan fingerprint density at radius 2 is 2.48 bits per heavy atom. The fourth-order valence-corrected chi connectivity index (χ4v) is 2.59. The highest BCUT2D eigenvalue weighted by molar-refractivity contribution is 7.10. The van der Waals surface area contributed by atoms with Crippen LogP contribution in [-0.4, -0.2) is 43.4 Å². The first-order chi connectivity index (χ1) is 10.1. The standard InChI is InChI=1S/C15H19N3O2S/c1-18-9-7-13(11-18)20-15(19)17-8-6-12(16)4-5-14-3-2-10-21-14/h2-6,8,10,13H,7,9,11,16H2,1H3/b5-4+,12-6-,17-8+. The number of hydrogen-bond acceptors (Lipinski definition) is 5. The summed E-state index contributed by atoms with van der Waals surface area (Å²) >= 11 is 1.63. The van der Waals surface area contributed by atoms with Crippen molar-refractivity contribution < 1.29 is 9.53 Å². The van der Waals surface area contributed by atoms with Crippen LogP contribution in [0.2, 0.25) is 0 Å². The van der Waals surface area contributed by atoms with Crippen molar-refractivity contribution in [2.45, 2.75) is 12.5 Å². The number of likely N-dealkylation sites (tertiary alicyclic amines) is 1. The van der Waals surface area contributed by atoms with E-state index in [0.29, 0.717) is 5.70 Å². The van der Waals surface area contributed by atoms with Crippen LogP contribution in [-0.2, 0) is 4.74 Å². The first-order valence-electron chi connectivity index (χ1n) is 6.74. The molecule has 0 spiro atoms. The van der Waals surface area contributed by atoms with E-state index < -0.39 is 6.09 Å². The minimum atomic E-state index is -0.568. The zero-order chi connectivity index (χ0) is 15.1. The third-order valence-electron chi connectivity index (χ3n) is 3.05. The summed E-state index contributed by atoms with van der Waals surface area (Å²) in [5.41, 5.74) is 6.32. The highest BCUT2D eigenvalue weighted by atomic mass is 32.1. The van der Waals surface area contributed by atoms with E-state index in [-0.39, 0.29) is 6.10 Å². The van der Waals surface area contributed by atoms with Gasteiger partial charge in [-0.3, -0.25) is 0 Å². The zero-order valence-corrected chi connectivity index (χ0v) is 12.8. The molecule has 1 amide bonds. The lowest BCUT2D eigenvalue weighted by molar-refractivity contribution is 0.112. The van der Waals surface area contributed by atoms with Gasteiger partial charge in [-0.25, -0.2) is 4.79 Å². The van der Waals surface area contributed by atoms with Crippen LogP contribution in [0.15, 0.2) is 40.4 Å². The maximum atomic E-state index is 11.5. The van der Waals surface area contributed by atoms with E-state index in [1.54, 1.807) is 23.5 Å². The second-order valence-electron chi connectivity index (χ2n) is 4.85. The number of likely N-dealkylation sites (N-methyl/N-ethyl adjacent to an activating group) is 1. The number of carbonyl (C=O) groups excluding carboxylic acids is 1. The molecule has 21 heavy (non-hydrogen) atoms. The molecule has 1 unspecified atom stereocenters. The molecule has 0 aromatic carbocycles. The second-order valence-corrected chi connectivity index (χ2v) is 5.83. The van der Waals surface area contributed by atoms with Gasteiger partial charge >= 0.3 is 6.09 Å². The minimum absolute atomic E-state index is 0.0558. The number of allylic oxidation sites excluding steroid dienone is 2. The molecule has 112 valence electrons. The van der Waals surface area contributed by atoms with E-state index >= 15 is 0 Å². The van der Waals surface area contributed by atoms with E-state index in [2.05, 4.69) is 9.89 Å². The van der Waals surface area contributed by atoms with Crippen LogP contribution in [0.1, 0.15) is 11.3 Å². The summed E-state index contributed by atoms with van der Waals surface area (Å²) in [6.45, 7) is 1.71. The van der Waals surface area contributed by atoms with Gasteiger partial charge in [0.15, 0.2) is 0 Å². The summed E-state index contributed by atoms with van der Waals surface area (Å²) in [5.74, 6) is 0. The monoisotopic (exact) mass is 305 g/mol. The zero-order valence-electron chi connectivity index (χ0n) is 11.9. The van der Waals surface area contributed by atoms with E-state index in [4.69, 9.17) is 10.5 Å². The van der Waals surface area contributed by atoms with Crippen molar-refractivity contribution in [2.75, 3.05) is 20.1 Å². The molecule has 0 radical (unpaired) electrons. The summed E-state index contributed by atoms with van der Waals surface area (Å²) in [4.78, 5) is 18.5. The van der Waals surface area contributed by atoms with Crippen molar-refractivity contribution >= 4 is 29.7 Å². The van der Waals surface area contributed by atoms with Crippen molar-refractivity contribution in [1.82, 2.24) is 4.90 Å². The average Bonchev–Trinajstić information content (AvgIpc) is 3.08. The Labute approximate surface area is 128 Å². The topological polar surface area (TPSA) is 67.9 Å². The summed E-state index contributed by atoms with van der Waals surface area (Å²) < 4.78 is 5.22. The number of nitrogens with zero attached hydrogens (tertiary/aromatic N) is 2. The maximum Gasteiger partial charge on any atom is 0.433 e. The lowest BCUT2D eigenvalue weighted by Crippen LogP contribution is -2.20. The molecule has 0 bridgehead atoms. The molecule has 1 saturated heterocycles. The summed E-state index contributed by atoms with van der Waals surface area (Å²) in [7, 11) is 2.00. The third kappa shape index (κ3) is 5.53. The molecule has 0 saturated carbocycles. The summed E-state index contributed by atoms with van der Waals surface area (Å²) in [5, 5.41) is 2.00. The number of thiophene rings is 1. The number of ether oxygens (including phenoxy) is 1. The molecule has 1 aliphatic rings. The average molecular weight is 305 g/mol. The molecule has 1 fully saturated rings. The van der Waals surface area contributed by atoms with Gasteiger partial charge in [0.05, 0.1) is 0 Å². The minimum Gasteiger partial charge on any atom is -0.443 e. The predicted octanol–water partition coefficient (Wildman–Crippen LogP) is 2.52. The number of aliphatic imine (C=N–C) groups is 1. The van der Waals surface area contributed by atoms with Gasteiger partial charge in [0.1, 0.15) is 6.10 Å². The number of rotatable bonds is 4. The smallest absolute Gasteiger partial charge is 0.433 e. The van der Waals surface area contributed by atoms with Gasteiger partial charge in [-0.15, -0.1) is 11.3 Å². The number of carbonyl (C=O) groups is 1. The highest BCUT2D eigenvalue weighted by Gasteiger charge is 2.22. The van der Waals surface area contributed by atoms with E-state index in [9.17, 15) is 4.79 Å². The molecule has 0 aliphatic carbocycles. The quantitative estimate of drug-likeness (QED) is 0.685. The Hall–Kier alpha value is -1.92. The molecule has 2 rings (SSSR count). The largest absolute Gasteiger partial charge is 0.443 e. The van der Waals surface area contributed by atoms with E-state index in [1.807, 2.05) is 30.6 Å². The molecule has 2 heterocycles. The van der Waals surface area contributed by atoms with Crippen LogP contribution in [0.5, 0.6) is 0 Å². The predicted molar refractivity (Wildman–Crippen MR) is 86.5 cm³/mol. The van der Waals surface area contributed by atoms with Gasteiger partial charge in [0.25, 0.3) is 0 Å². The first kappa shape index (κ1) is 15.5. The van der Waals surface area contributed by atoms with Crippen LogP contribution in [0, 0.1) is 0 Å². The number of hydrogen-bond donors (Lipinski definition) is 1. The number of amides is 1. The van der Waals surface area contributed by atoms with Gasteiger partial charge < -0.3 is 15.4 Å². The molecule has 1 aromatic heterocycles. The van der Waals surface area contributed by atoms with Gasteiger partial charge in [0.2, 0.25) is 0 Å². The molecule has 1 aromatic rings. The van der Waals surface area contributed by atoms with Crippen LogP contribution >= 0.6 is 11.3 Å². The summed E-state index contributed by atoms with van der Waals surface area (Å²) in [6.07, 6.45) is 6.87. The molecule has 1 atom stereocenters. The Kier molecular flexibility index (Phi) is 5.71. The Morgan fingerprint density at radius 3 is 3.14 bits per heavy atom. The molecular formula is C15H19N3O2S. The van der Waals surface area contributed by atoms with Gasteiger partial charge in [-0.05, 0) is 43.1 Å². The van der Waals surface area contributed by atoms with Crippen LogP contribution in [0.25, 0.3) is 6.08 Å². The van der Waals surface area contributed by atoms with Gasteiger partial charge in [-0.2, -0.15) is 4.99 Å². The Morgan fingerprint density at radius 1 is 1.62 bits per heavy atom. The SMILES string of the molecule is CN1CCC(OC(=O)/N=C/C=C(N)/C=C/c2cccs2)C1. The molecule has 1 aliphatic heterocycles. The molecule has 2 N–H and O–H groups in total. The molecule has 6 heteroatoms. The molecular weight excluding hydrogens is 286 g/mol. The van der Waals surface area contributed by atoms with Crippen molar-refractivity contribution in [2.24, 2.45) is 10.7 Å².